The largest absolute Gasteiger partial charge is 0.497 e. The van der Waals surface area contributed by atoms with Crippen LogP contribution in [0.25, 0.3) is 0 Å². The lowest BCUT2D eigenvalue weighted by Crippen LogP contribution is -2.15. The third-order valence-corrected chi connectivity index (χ3v) is 4.90. The van der Waals surface area contributed by atoms with Crippen LogP contribution in [0.3, 0.4) is 0 Å². The first kappa shape index (κ1) is 20.6. The van der Waals surface area contributed by atoms with E-state index in [1.54, 1.807) is 19.2 Å². The number of nitrogens with zero attached hydrogens (tertiary/aromatic N) is 2. The Morgan fingerprint density at radius 3 is 2.29 bits per heavy atom. The maximum atomic E-state index is 13.4. The highest BCUT2D eigenvalue weighted by atomic mass is 19.1. The first-order chi connectivity index (χ1) is 15.2. The third kappa shape index (κ3) is 4.91. The first-order valence-corrected chi connectivity index (χ1v) is 10.3. The van der Waals surface area contributed by atoms with Crippen LogP contribution in [0, 0.1) is 5.82 Å². The van der Waals surface area contributed by atoms with E-state index in [-0.39, 0.29) is 5.82 Å². The van der Waals surface area contributed by atoms with E-state index in [1.807, 2.05) is 42.5 Å². The molecule has 0 amide bonds. The SMILES string of the molecule is CCCCOc1ccc(C2=NC(c3ccc(F)cc3)=Nc3ccc(OC)cc3N2)cc1. The smallest absolute Gasteiger partial charge is 0.162 e. The molecule has 0 fully saturated rings. The molecule has 0 radical (unpaired) electrons. The van der Waals surface area contributed by atoms with Crippen LogP contribution >= 0.6 is 0 Å². The van der Waals surface area contributed by atoms with Crippen molar-refractivity contribution in [3.8, 4) is 11.5 Å². The van der Waals surface area contributed by atoms with Crippen molar-refractivity contribution in [2.45, 2.75) is 19.8 Å². The molecular formula is C25H24FN3O2. The number of hydrogen-bond acceptors (Lipinski definition) is 5. The van der Waals surface area contributed by atoms with Crippen molar-refractivity contribution >= 4 is 23.0 Å². The molecule has 3 aromatic carbocycles. The average molecular weight is 417 g/mol. The minimum atomic E-state index is -0.302. The molecule has 1 N–H and O–H groups in total. The van der Waals surface area contributed by atoms with Gasteiger partial charge in [0.15, 0.2) is 5.84 Å². The number of nitrogens with one attached hydrogen (secondary N) is 1. The highest BCUT2D eigenvalue weighted by Crippen LogP contribution is 2.32. The van der Waals surface area contributed by atoms with Gasteiger partial charge in [-0.2, -0.15) is 0 Å². The molecule has 4 rings (SSSR count). The molecule has 158 valence electrons. The van der Waals surface area contributed by atoms with Gasteiger partial charge in [0.05, 0.1) is 25.1 Å². The molecule has 31 heavy (non-hydrogen) atoms. The van der Waals surface area contributed by atoms with Crippen LogP contribution in [0.2, 0.25) is 0 Å². The quantitative estimate of drug-likeness (QED) is 0.482. The topological polar surface area (TPSA) is 55.2 Å². The number of methoxy groups -OCH3 is 1. The Morgan fingerprint density at radius 2 is 1.58 bits per heavy atom. The maximum absolute atomic E-state index is 13.4. The van der Waals surface area contributed by atoms with Crippen LogP contribution in [0.5, 0.6) is 11.5 Å². The van der Waals surface area contributed by atoms with Gasteiger partial charge in [-0.25, -0.2) is 14.4 Å². The molecule has 0 unspecified atom stereocenters. The van der Waals surface area contributed by atoms with Gasteiger partial charge >= 0.3 is 0 Å². The third-order valence-electron chi connectivity index (χ3n) is 4.90. The molecule has 0 saturated heterocycles. The van der Waals surface area contributed by atoms with Crippen LogP contribution < -0.4 is 14.8 Å². The summed E-state index contributed by atoms with van der Waals surface area (Å²) in [5.74, 6) is 2.36. The van der Waals surface area contributed by atoms with Gasteiger partial charge in [-0.1, -0.05) is 13.3 Å². The minimum absolute atomic E-state index is 0.302. The summed E-state index contributed by atoms with van der Waals surface area (Å²) >= 11 is 0. The average Bonchev–Trinajstić information content (AvgIpc) is 2.99. The van der Waals surface area contributed by atoms with Gasteiger partial charge in [0.2, 0.25) is 0 Å². The number of benzene rings is 3. The Balaban J connectivity index is 1.72. The van der Waals surface area contributed by atoms with Gasteiger partial charge in [0, 0.05) is 17.2 Å². The van der Waals surface area contributed by atoms with Crippen molar-refractivity contribution in [1.82, 2.24) is 0 Å². The lowest BCUT2D eigenvalue weighted by atomic mass is 10.1. The number of halogens is 1. The first-order valence-electron chi connectivity index (χ1n) is 10.3. The molecular weight excluding hydrogens is 393 g/mol. The molecule has 0 saturated carbocycles. The second-order valence-electron chi connectivity index (χ2n) is 7.14. The monoisotopic (exact) mass is 417 g/mol. The number of hydrogen-bond donors (Lipinski definition) is 1. The van der Waals surface area contributed by atoms with E-state index in [2.05, 4.69) is 12.2 Å². The normalized spacial score (nSPS) is 12.7. The van der Waals surface area contributed by atoms with Crippen molar-refractivity contribution in [2.75, 3.05) is 19.0 Å². The van der Waals surface area contributed by atoms with E-state index in [9.17, 15) is 4.39 Å². The van der Waals surface area contributed by atoms with Gasteiger partial charge in [0.25, 0.3) is 0 Å². The predicted molar refractivity (Wildman–Crippen MR) is 123 cm³/mol. The number of anilines is 1. The molecule has 1 heterocycles. The van der Waals surface area contributed by atoms with E-state index in [0.29, 0.717) is 24.0 Å². The van der Waals surface area contributed by atoms with Gasteiger partial charge in [-0.05, 0) is 67.1 Å². The Labute approximate surface area is 181 Å². The van der Waals surface area contributed by atoms with Crippen molar-refractivity contribution in [3.05, 3.63) is 83.7 Å². The van der Waals surface area contributed by atoms with Crippen LogP contribution in [-0.2, 0) is 0 Å². The predicted octanol–water partition coefficient (Wildman–Crippen LogP) is 5.96. The highest BCUT2D eigenvalue weighted by Gasteiger charge is 2.16. The van der Waals surface area contributed by atoms with E-state index >= 15 is 0 Å². The second-order valence-corrected chi connectivity index (χ2v) is 7.14. The van der Waals surface area contributed by atoms with Gasteiger partial charge < -0.3 is 14.8 Å². The molecule has 0 atom stereocenters. The molecule has 0 aliphatic carbocycles. The summed E-state index contributed by atoms with van der Waals surface area (Å²) < 4.78 is 24.6. The molecule has 1 aliphatic heterocycles. The summed E-state index contributed by atoms with van der Waals surface area (Å²) in [4.78, 5) is 9.49. The lowest BCUT2D eigenvalue weighted by Gasteiger charge is -2.12. The Kier molecular flexibility index (Phi) is 6.26. The molecule has 0 spiro atoms. The molecule has 0 bridgehead atoms. The van der Waals surface area contributed by atoms with E-state index in [1.165, 1.54) is 12.1 Å². The minimum Gasteiger partial charge on any atom is -0.497 e. The van der Waals surface area contributed by atoms with Crippen LogP contribution in [0.4, 0.5) is 15.8 Å². The van der Waals surface area contributed by atoms with Crippen molar-refractivity contribution in [2.24, 2.45) is 9.98 Å². The summed E-state index contributed by atoms with van der Waals surface area (Å²) in [6, 6.07) is 19.5. The summed E-state index contributed by atoms with van der Waals surface area (Å²) in [5.41, 5.74) is 3.11. The van der Waals surface area contributed by atoms with Gasteiger partial charge in [0.1, 0.15) is 23.2 Å². The van der Waals surface area contributed by atoms with Crippen molar-refractivity contribution < 1.29 is 13.9 Å². The van der Waals surface area contributed by atoms with Crippen LogP contribution in [-0.4, -0.2) is 25.4 Å². The van der Waals surface area contributed by atoms with Crippen molar-refractivity contribution in [3.63, 3.8) is 0 Å². The molecule has 1 aliphatic rings. The fourth-order valence-corrected chi connectivity index (χ4v) is 3.15. The van der Waals surface area contributed by atoms with Crippen molar-refractivity contribution in [1.29, 1.82) is 0 Å². The zero-order valence-electron chi connectivity index (χ0n) is 17.6. The molecule has 3 aromatic rings. The number of ether oxygens (including phenoxy) is 2. The zero-order valence-corrected chi connectivity index (χ0v) is 17.6. The Hall–Kier alpha value is -3.67. The summed E-state index contributed by atoms with van der Waals surface area (Å²) in [6.45, 7) is 2.83. The Bertz CT molecular complexity index is 1110. The Morgan fingerprint density at radius 1 is 0.871 bits per heavy atom. The maximum Gasteiger partial charge on any atom is 0.162 e. The summed E-state index contributed by atoms with van der Waals surface area (Å²) in [7, 11) is 1.62. The fraction of sp³-hybridized carbons (Fsp3) is 0.200. The second kappa shape index (κ2) is 9.43. The lowest BCUT2D eigenvalue weighted by molar-refractivity contribution is 0.309. The number of fused-ring (bicyclic) bond motifs is 1. The molecule has 5 nitrogen and oxygen atoms in total. The number of unbranched alkanes of at least 4 members (excludes halogenated alkanes) is 1. The van der Waals surface area contributed by atoms with Crippen LogP contribution in [0.1, 0.15) is 30.9 Å². The summed E-state index contributed by atoms with van der Waals surface area (Å²) in [5, 5.41) is 3.37. The van der Waals surface area contributed by atoms with Gasteiger partial charge in [-0.15, -0.1) is 0 Å². The molecule has 6 heteroatoms. The number of rotatable bonds is 7. The number of aliphatic imine (C=N–C) groups is 2. The molecule has 0 aromatic heterocycles. The zero-order chi connectivity index (χ0) is 21.6. The van der Waals surface area contributed by atoms with Gasteiger partial charge in [-0.3, -0.25) is 0 Å². The standard InChI is InChI=1S/C25H24FN3O2/c1-3-4-15-31-20-11-7-18(8-12-20)25-28-23-16-21(30-2)13-14-22(23)27-24(29-25)17-5-9-19(26)10-6-17/h5-14,16H,3-4,15H2,1-2H3,(H,27,28,29). The van der Waals surface area contributed by atoms with E-state index in [4.69, 9.17) is 19.5 Å². The van der Waals surface area contributed by atoms with E-state index in [0.717, 1.165) is 41.1 Å². The number of amidine groups is 2. The highest BCUT2D eigenvalue weighted by molar-refractivity contribution is 6.19. The fourth-order valence-electron chi connectivity index (χ4n) is 3.15. The van der Waals surface area contributed by atoms with Crippen LogP contribution in [0.15, 0.2) is 76.7 Å². The summed E-state index contributed by atoms with van der Waals surface area (Å²) in [6.07, 6.45) is 2.11. The van der Waals surface area contributed by atoms with E-state index < -0.39 is 0 Å².